The summed E-state index contributed by atoms with van der Waals surface area (Å²) in [5, 5.41) is 20.9. The molecule has 2 N–H and O–H groups in total. The summed E-state index contributed by atoms with van der Waals surface area (Å²) in [5.41, 5.74) is -2.95. The number of nitro benzene ring substituents is 1. The summed E-state index contributed by atoms with van der Waals surface area (Å²) < 4.78 is 43.1. The molecule has 110 valence electrons. The number of halogens is 3. The van der Waals surface area contributed by atoms with E-state index in [1.807, 2.05) is 0 Å². The predicted molar refractivity (Wildman–Crippen MR) is 60.9 cm³/mol. The largest absolute Gasteiger partial charge is 0.493 e. The quantitative estimate of drug-likeness (QED) is 0.656. The smallest absolute Gasteiger partial charge is 0.420 e. The Balaban J connectivity index is 3.50. The highest BCUT2D eigenvalue weighted by molar-refractivity contribution is 5.87. The fourth-order valence-electron chi connectivity index (χ4n) is 1.43. The van der Waals surface area contributed by atoms with Gasteiger partial charge in [-0.2, -0.15) is 13.2 Å². The minimum absolute atomic E-state index is 0.118. The van der Waals surface area contributed by atoms with Gasteiger partial charge in [0.2, 0.25) is 0 Å². The van der Waals surface area contributed by atoms with Crippen molar-refractivity contribution >= 4 is 17.5 Å². The summed E-state index contributed by atoms with van der Waals surface area (Å²) in [6.07, 6.45) is -6.51. The summed E-state index contributed by atoms with van der Waals surface area (Å²) in [5.74, 6) is -0.686. The first-order chi connectivity index (χ1) is 9.16. The van der Waals surface area contributed by atoms with Crippen LogP contribution in [0, 0.1) is 10.1 Å². The molecule has 10 heteroatoms. The van der Waals surface area contributed by atoms with Crippen molar-refractivity contribution in [1.29, 1.82) is 0 Å². The van der Waals surface area contributed by atoms with E-state index in [1.54, 1.807) is 5.32 Å². The number of alkyl halides is 3. The summed E-state index contributed by atoms with van der Waals surface area (Å²) in [6.45, 7) is 1.30. The van der Waals surface area contributed by atoms with Crippen molar-refractivity contribution in [2.45, 2.75) is 13.1 Å². The number of benzene rings is 1. The molecule has 0 aromatic heterocycles. The third-order valence-corrected chi connectivity index (χ3v) is 2.14. The number of carboxylic acid groups (broad SMARTS) is 1. The van der Waals surface area contributed by atoms with E-state index >= 15 is 0 Å². The first-order valence-electron chi connectivity index (χ1n) is 5.19. The Labute approximate surface area is 110 Å². The molecule has 0 heterocycles. The van der Waals surface area contributed by atoms with Gasteiger partial charge in [-0.25, -0.2) is 4.79 Å². The molecule has 0 radical (unpaired) electrons. The number of hydrogen-bond acceptors (Lipinski definition) is 4. The van der Waals surface area contributed by atoms with Gasteiger partial charge >= 0.3 is 12.3 Å². The Morgan fingerprint density at radius 1 is 1.50 bits per heavy atom. The van der Waals surface area contributed by atoms with Crippen molar-refractivity contribution in [2.24, 2.45) is 0 Å². The third kappa shape index (κ3) is 3.49. The van der Waals surface area contributed by atoms with Crippen LogP contribution in [0.3, 0.4) is 0 Å². The number of hydrogen-bond donors (Lipinski definition) is 2. The van der Waals surface area contributed by atoms with Crippen LogP contribution in [0.2, 0.25) is 0 Å². The highest BCUT2D eigenvalue weighted by Crippen LogP contribution is 2.41. The van der Waals surface area contributed by atoms with E-state index in [4.69, 9.17) is 9.84 Å². The standard InChI is InChI=1S/C10H9F3N2O5/c1-2-20-8-4-6(14-9(16)17)7(15(18)19)3-5(8)10(11,12)13/h3-4,14H,2H2,1H3,(H,16,17). The monoisotopic (exact) mass is 294 g/mol. The van der Waals surface area contributed by atoms with E-state index in [-0.39, 0.29) is 12.7 Å². The van der Waals surface area contributed by atoms with Crippen molar-refractivity contribution in [3.63, 3.8) is 0 Å². The minimum Gasteiger partial charge on any atom is -0.493 e. The van der Waals surface area contributed by atoms with Crippen LogP contribution in [-0.2, 0) is 6.18 Å². The normalized spacial score (nSPS) is 11.0. The van der Waals surface area contributed by atoms with Crippen LogP contribution in [0.4, 0.5) is 29.3 Å². The molecule has 7 nitrogen and oxygen atoms in total. The van der Waals surface area contributed by atoms with Gasteiger partial charge in [-0.1, -0.05) is 0 Å². The molecular weight excluding hydrogens is 285 g/mol. The molecule has 0 unspecified atom stereocenters. The van der Waals surface area contributed by atoms with Gasteiger partial charge in [0, 0.05) is 12.1 Å². The molecule has 1 aromatic carbocycles. The number of ether oxygens (including phenoxy) is 1. The number of anilines is 1. The van der Waals surface area contributed by atoms with Gasteiger partial charge in [-0.05, 0) is 6.92 Å². The number of nitro groups is 1. The van der Waals surface area contributed by atoms with Crippen LogP contribution in [0.1, 0.15) is 12.5 Å². The molecule has 0 aliphatic heterocycles. The second-order valence-electron chi connectivity index (χ2n) is 3.48. The van der Waals surface area contributed by atoms with Crippen LogP contribution in [-0.4, -0.2) is 22.7 Å². The molecule has 0 atom stereocenters. The maximum Gasteiger partial charge on any atom is 0.420 e. The average molecular weight is 294 g/mol. The van der Waals surface area contributed by atoms with Crippen molar-refractivity contribution in [3.8, 4) is 5.75 Å². The lowest BCUT2D eigenvalue weighted by Crippen LogP contribution is -2.13. The molecule has 1 amide bonds. The molecular formula is C10H9F3N2O5. The molecule has 0 bridgehead atoms. The summed E-state index contributed by atoms with van der Waals surface area (Å²) >= 11 is 0. The van der Waals surface area contributed by atoms with Gasteiger partial charge in [-0.3, -0.25) is 15.4 Å². The zero-order valence-electron chi connectivity index (χ0n) is 10.0. The van der Waals surface area contributed by atoms with Gasteiger partial charge < -0.3 is 9.84 Å². The summed E-state index contributed by atoms with van der Waals surface area (Å²) in [4.78, 5) is 20.1. The third-order valence-electron chi connectivity index (χ3n) is 2.14. The number of nitrogens with one attached hydrogen (secondary N) is 1. The van der Waals surface area contributed by atoms with Gasteiger partial charge in [0.25, 0.3) is 5.69 Å². The van der Waals surface area contributed by atoms with Gasteiger partial charge in [0.1, 0.15) is 17.0 Å². The molecule has 0 aliphatic carbocycles. The minimum atomic E-state index is -4.86. The topological polar surface area (TPSA) is 102 Å². The van der Waals surface area contributed by atoms with Crippen LogP contribution in [0.5, 0.6) is 5.75 Å². The van der Waals surface area contributed by atoms with Crippen LogP contribution < -0.4 is 10.1 Å². The summed E-state index contributed by atoms with van der Waals surface area (Å²) in [6, 6.07) is 0.870. The molecule has 0 fully saturated rings. The lowest BCUT2D eigenvalue weighted by molar-refractivity contribution is -0.384. The maximum atomic E-state index is 12.8. The maximum absolute atomic E-state index is 12.8. The number of carbonyl (C=O) groups is 1. The Morgan fingerprint density at radius 3 is 2.50 bits per heavy atom. The average Bonchev–Trinajstić information content (AvgIpc) is 2.26. The molecule has 0 saturated carbocycles. The fraction of sp³-hybridized carbons (Fsp3) is 0.300. The van der Waals surface area contributed by atoms with Gasteiger partial charge in [0.05, 0.1) is 11.5 Å². The first-order valence-corrected chi connectivity index (χ1v) is 5.19. The number of nitrogens with zero attached hydrogens (tertiary/aromatic N) is 1. The molecule has 0 saturated heterocycles. The number of rotatable bonds is 4. The summed E-state index contributed by atoms with van der Waals surface area (Å²) in [7, 11) is 0. The zero-order valence-corrected chi connectivity index (χ0v) is 10.0. The van der Waals surface area contributed by atoms with E-state index in [2.05, 4.69) is 0 Å². The van der Waals surface area contributed by atoms with Crippen molar-refractivity contribution in [3.05, 3.63) is 27.8 Å². The molecule has 1 rings (SSSR count). The van der Waals surface area contributed by atoms with Crippen LogP contribution in [0.25, 0.3) is 0 Å². The van der Waals surface area contributed by atoms with Gasteiger partial charge in [-0.15, -0.1) is 0 Å². The van der Waals surface area contributed by atoms with E-state index in [0.29, 0.717) is 6.07 Å². The van der Waals surface area contributed by atoms with Crippen molar-refractivity contribution in [1.82, 2.24) is 0 Å². The molecule has 0 aliphatic rings. The molecule has 0 spiro atoms. The second-order valence-corrected chi connectivity index (χ2v) is 3.48. The molecule has 20 heavy (non-hydrogen) atoms. The Morgan fingerprint density at radius 2 is 2.10 bits per heavy atom. The second kappa shape index (κ2) is 5.63. The van der Waals surface area contributed by atoms with E-state index < -0.39 is 39.9 Å². The number of amides is 1. The van der Waals surface area contributed by atoms with E-state index in [9.17, 15) is 28.1 Å². The molecule has 1 aromatic rings. The zero-order chi connectivity index (χ0) is 15.5. The van der Waals surface area contributed by atoms with E-state index in [1.165, 1.54) is 6.92 Å². The van der Waals surface area contributed by atoms with Crippen LogP contribution >= 0.6 is 0 Å². The Bertz CT molecular complexity index is 544. The lowest BCUT2D eigenvalue weighted by Gasteiger charge is -2.14. The Hall–Kier alpha value is -2.52. The fourth-order valence-corrected chi connectivity index (χ4v) is 1.43. The van der Waals surface area contributed by atoms with Crippen LogP contribution in [0.15, 0.2) is 12.1 Å². The SMILES string of the molecule is CCOc1cc(NC(=O)O)c([N+](=O)[O-])cc1C(F)(F)F. The van der Waals surface area contributed by atoms with Gasteiger partial charge in [0.15, 0.2) is 0 Å². The van der Waals surface area contributed by atoms with Crippen molar-refractivity contribution < 1.29 is 32.7 Å². The van der Waals surface area contributed by atoms with Crippen molar-refractivity contribution in [2.75, 3.05) is 11.9 Å². The highest BCUT2D eigenvalue weighted by atomic mass is 19.4. The highest BCUT2D eigenvalue weighted by Gasteiger charge is 2.37. The first kappa shape index (κ1) is 15.5. The predicted octanol–water partition coefficient (Wildman–Crippen LogP) is 3.10. The Kier molecular flexibility index (Phi) is 4.38. The lowest BCUT2D eigenvalue weighted by atomic mass is 10.1. The van der Waals surface area contributed by atoms with E-state index in [0.717, 1.165) is 0 Å².